The van der Waals surface area contributed by atoms with Crippen LogP contribution in [0.3, 0.4) is 0 Å². The summed E-state index contributed by atoms with van der Waals surface area (Å²) in [7, 11) is 0. The second kappa shape index (κ2) is 5.71. The van der Waals surface area contributed by atoms with Gasteiger partial charge in [0.25, 0.3) is 0 Å². The Morgan fingerprint density at radius 2 is 2.09 bits per heavy atom. The molecule has 1 aliphatic rings. The van der Waals surface area contributed by atoms with Crippen LogP contribution in [0.1, 0.15) is 58.4 Å². The van der Waals surface area contributed by atoms with Crippen molar-refractivity contribution in [2.45, 2.75) is 58.3 Å². The van der Waals surface area contributed by atoms with Crippen molar-refractivity contribution in [1.82, 2.24) is 14.6 Å². The lowest BCUT2D eigenvalue weighted by Crippen LogP contribution is -2.19. The maximum atomic E-state index is 12.3. The number of fused-ring (bicyclic) bond motifs is 1. The first-order valence-corrected chi connectivity index (χ1v) is 8.09. The highest BCUT2D eigenvalue weighted by Gasteiger charge is 2.27. The van der Waals surface area contributed by atoms with Crippen molar-refractivity contribution < 1.29 is 4.79 Å². The molecule has 118 valence electrons. The van der Waals surface area contributed by atoms with E-state index in [1.54, 1.807) is 10.7 Å². The number of rotatable bonds is 3. The standard InChI is InChI=1S/C17H24N4O/c1-17(2,3)14-15(20-21-10-6-9-18-16(14)21)19-13(22)11-12-7-4-5-8-12/h6,9-10,12H,4-5,7-8,11H2,1-3H3,(H,19,20,22). The Labute approximate surface area is 131 Å². The fourth-order valence-corrected chi connectivity index (χ4v) is 3.32. The van der Waals surface area contributed by atoms with Gasteiger partial charge in [-0.1, -0.05) is 33.6 Å². The van der Waals surface area contributed by atoms with Crippen molar-refractivity contribution in [3.63, 3.8) is 0 Å². The third-order valence-electron chi connectivity index (χ3n) is 4.35. The number of hydrogen-bond acceptors (Lipinski definition) is 3. The second-order valence-electron chi connectivity index (χ2n) is 7.26. The maximum Gasteiger partial charge on any atom is 0.225 e. The number of carbonyl (C=O) groups is 1. The van der Waals surface area contributed by atoms with Gasteiger partial charge in [0.2, 0.25) is 5.91 Å². The molecule has 3 rings (SSSR count). The Morgan fingerprint density at radius 3 is 2.77 bits per heavy atom. The molecule has 0 spiro atoms. The predicted octanol–water partition coefficient (Wildman–Crippen LogP) is 3.55. The average molecular weight is 300 g/mol. The summed E-state index contributed by atoms with van der Waals surface area (Å²) in [5.74, 6) is 1.25. The minimum Gasteiger partial charge on any atom is -0.309 e. The maximum absolute atomic E-state index is 12.3. The first-order chi connectivity index (χ1) is 10.4. The average Bonchev–Trinajstić information content (AvgIpc) is 3.03. The third-order valence-corrected chi connectivity index (χ3v) is 4.35. The molecular weight excluding hydrogens is 276 g/mol. The molecule has 1 saturated carbocycles. The van der Waals surface area contributed by atoms with Crippen LogP contribution >= 0.6 is 0 Å². The molecule has 0 saturated heterocycles. The van der Waals surface area contributed by atoms with Gasteiger partial charge < -0.3 is 5.32 Å². The van der Waals surface area contributed by atoms with Crippen LogP contribution in [-0.2, 0) is 10.2 Å². The van der Waals surface area contributed by atoms with E-state index in [1.807, 2.05) is 12.3 Å². The van der Waals surface area contributed by atoms with E-state index in [-0.39, 0.29) is 11.3 Å². The molecule has 1 fully saturated rings. The van der Waals surface area contributed by atoms with Gasteiger partial charge in [-0.3, -0.25) is 4.79 Å². The molecule has 1 amide bonds. The molecule has 0 unspecified atom stereocenters. The largest absolute Gasteiger partial charge is 0.309 e. The topological polar surface area (TPSA) is 59.3 Å². The molecule has 5 heteroatoms. The van der Waals surface area contributed by atoms with E-state index in [0.29, 0.717) is 18.2 Å². The zero-order valence-electron chi connectivity index (χ0n) is 13.6. The molecule has 2 aromatic heterocycles. The van der Waals surface area contributed by atoms with Crippen LogP contribution in [0, 0.1) is 5.92 Å². The van der Waals surface area contributed by atoms with Crippen LogP contribution in [0.25, 0.3) is 5.65 Å². The summed E-state index contributed by atoms with van der Waals surface area (Å²) in [4.78, 5) is 16.8. The van der Waals surface area contributed by atoms with E-state index < -0.39 is 0 Å². The number of nitrogens with zero attached hydrogens (tertiary/aromatic N) is 3. The minimum atomic E-state index is -0.133. The van der Waals surface area contributed by atoms with Gasteiger partial charge in [-0.05, 0) is 30.2 Å². The van der Waals surface area contributed by atoms with Crippen LogP contribution < -0.4 is 5.32 Å². The fourth-order valence-electron chi connectivity index (χ4n) is 3.32. The molecule has 0 aliphatic heterocycles. The van der Waals surface area contributed by atoms with Gasteiger partial charge in [0.1, 0.15) is 0 Å². The second-order valence-corrected chi connectivity index (χ2v) is 7.26. The molecule has 22 heavy (non-hydrogen) atoms. The van der Waals surface area contributed by atoms with E-state index in [2.05, 4.69) is 36.2 Å². The van der Waals surface area contributed by atoms with Crippen molar-refractivity contribution in [1.29, 1.82) is 0 Å². The number of anilines is 1. The van der Waals surface area contributed by atoms with Gasteiger partial charge >= 0.3 is 0 Å². The summed E-state index contributed by atoms with van der Waals surface area (Å²) in [6, 6.07) is 1.84. The van der Waals surface area contributed by atoms with E-state index in [9.17, 15) is 4.79 Å². The molecule has 1 N–H and O–H groups in total. The normalized spacial score (nSPS) is 16.3. The van der Waals surface area contributed by atoms with Crippen molar-refractivity contribution in [3.05, 3.63) is 24.0 Å². The van der Waals surface area contributed by atoms with Gasteiger partial charge in [-0.25, -0.2) is 9.50 Å². The summed E-state index contributed by atoms with van der Waals surface area (Å²) in [6.07, 6.45) is 9.08. The Kier molecular flexibility index (Phi) is 3.89. The van der Waals surface area contributed by atoms with Gasteiger partial charge in [-0.15, -0.1) is 5.10 Å². The SMILES string of the molecule is CC(C)(C)c1c(NC(=O)CC2CCCC2)nn2cccnc12. The van der Waals surface area contributed by atoms with Gasteiger partial charge in [0.05, 0.1) is 0 Å². The highest BCUT2D eigenvalue weighted by Crippen LogP contribution is 2.33. The molecule has 1 aliphatic carbocycles. The lowest BCUT2D eigenvalue weighted by atomic mass is 9.88. The number of hydrogen-bond donors (Lipinski definition) is 1. The van der Waals surface area contributed by atoms with E-state index in [1.165, 1.54) is 25.7 Å². The summed E-state index contributed by atoms with van der Waals surface area (Å²) in [6.45, 7) is 6.35. The minimum absolute atomic E-state index is 0.0702. The van der Waals surface area contributed by atoms with E-state index in [0.717, 1.165) is 11.2 Å². The molecule has 2 aromatic rings. The quantitative estimate of drug-likeness (QED) is 0.943. The van der Waals surface area contributed by atoms with Crippen LogP contribution in [-0.4, -0.2) is 20.5 Å². The first-order valence-electron chi connectivity index (χ1n) is 8.09. The van der Waals surface area contributed by atoms with Gasteiger partial charge in [0, 0.05) is 24.4 Å². The first kappa shape index (κ1) is 15.0. The Bertz CT molecular complexity index is 678. The number of amides is 1. The molecular formula is C17H24N4O. The molecule has 0 atom stereocenters. The summed E-state index contributed by atoms with van der Waals surface area (Å²) < 4.78 is 1.74. The smallest absolute Gasteiger partial charge is 0.225 e. The number of carbonyl (C=O) groups excluding carboxylic acids is 1. The Morgan fingerprint density at radius 1 is 1.36 bits per heavy atom. The monoisotopic (exact) mass is 300 g/mol. The van der Waals surface area contributed by atoms with Crippen molar-refractivity contribution in [2.75, 3.05) is 5.32 Å². The zero-order chi connectivity index (χ0) is 15.7. The highest BCUT2D eigenvalue weighted by atomic mass is 16.1. The Hall–Kier alpha value is -1.91. The lowest BCUT2D eigenvalue weighted by molar-refractivity contribution is -0.117. The summed E-state index contributed by atoms with van der Waals surface area (Å²) >= 11 is 0. The Balaban J connectivity index is 1.87. The molecule has 0 radical (unpaired) electrons. The summed E-state index contributed by atoms with van der Waals surface area (Å²) in [5.41, 5.74) is 1.67. The molecule has 5 nitrogen and oxygen atoms in total. The van der Waals surface area contributed by atoms with Gasteiger partial charge in [0.15, 0.2) is 11.5 Å². The van der Waals surface area contributed by atoms with Crippen LogP contribution in [0.4, 0.5) is 5.82 Å². The van der Waals surface area contributed by atoms with Gasteiger partial charge in [-0.2, -0.15) is 0 Å². The zero-order valence-corrected chi connectivity index (χ0v) is 13.6. The van der Waals surface area contributed by atoms with E-state index in [4.69, 9.17) is 0 Å². The molecule has 0 bridgehead atoms. The number of aromatic nitrogens is 3. The van der Waals surface area contributed by atoms with Crippen LogP contribution in [0.5, 0.6) is 0 Å². The highest BCUT2D eigenvalue weighted by molar-refractivity contribution is 5.92. The summed E-state index contributed by atoms with van der Waals surface area (Å²) in [5, 5.41) is 7.54. The fraction of sp³-hybridized carbons (Fsp3) is 0.588. The van der Waals surface area contributed by atoms with Crippen molar-refractivity contribution in [3.8, 4) is 0 Å². The van der Waals surface area contributed by atoms with E-state index >= 15 is 0 Å². The third kappa shape index (κ3) is 2.98. The predicted molar refractivity (Wildman–Crippen MR) is 86.9 cm³/mol. The van der Waals surface area contributed by atoms with Crippen molar-refractivity contribution >= 4 is 17.4 Å². The lowest BCUT2D eigenvalue weighted by Gasteiger charge is -2.19. The number of nitrogens with one attached hydrogen (secondary N) is 1. The van der Waals surface area contributed by atoms with Crippen LogP contribution in [0.15, 0.2) is 18.5 Å². The molecule has 2 heterocycles. The molecule has 0 aromatic carbocycles. The van der Waals surface area contributed by atoms with Crippen LogP contribution in [0.2, 0.25) is 0 Å². The van der Waals surface area contributed by atoms with Crippen molar-refractivity contribution in [2.24, 2.45) is 5.92 Å².